The first-order valence-electron chi connectivity index (χ1n) is 4.33. The molecule has 0 amide bonds. The van der Waals surface area contributed by atoms with E-state index in [2.05, 4.69) is 10.2 Å². The molecule has 4 nitrogen and oxygen atoms in total. The fourth-order valence-electron chi connectivity index (χ4n) is 1.34. The summed E-state index contributed by atoms with van der Waals surface area (Å²) in [7, 11) is 12.1. The van der Waals surface area contributed by atoms with Crippen molar-refractivity contribution in [2.45, 2.75) is 11.6 Å². The third-order valence-electron chi connectivity index (χ3n) is 1.97. The highest BCUT2D eigenvalue weighted by atomic mass is 16.6. The minimum atomic E-state index is -2.02. The van der Waals surface area contributed by atoms with E-state index in [1.807, 2.05) is 7.05 Å². The fourth-order valence-corrected chi connectivity index (χ4v) is 1.34. The summed E-state index contributed by atoms with van der Waals surface area (Å²) in [6, 6.07) is 0.178. The Morgan fingerprint density at radius 2 is 2.38 bits per heavy atom. The molecule has 6 heteroatoms. The Hall–Kier alpha value is -0.0301. The number of ether oxygens (including phenoxy) is 1. The lowest BCUT2D eigenvalue weighted by molar-refractivity contribution is -0.0851. The number of aliphatic hydroxyl groups is 1. The normalized spacial score (nSPS) is 26.2. The van der Waals surface area contributed by atoms with E-state index in [4.69, 9.17) is 25.5 Å². The van der Waals surface area contributed by atoms with Gasteiger partial charge in [0.15, 0.2) is 0 Å². The molecule has 1 rings (SSSR count). The van der Waals surface area contributed by atoms with Gasteiger partial charge in [0, 0.05) is 25.7 Å². The van der Waals surface area contributed by atoms with Crippen molar-refractivity contribution in [1.82, 2.24) is 10.2 Å². The van der Waals surface area contributed by atoms with Crippen LogP contribution in [0, 0.1) is 0 Å². The fraction of sp³-hybridized carbons (Fsp3) is 1.00. The molecule has 1 fully saturated rings. The number of hydrogen-bond donors (Lipinski definition) is 2. The van der Waals surface area contributed by atoms with E-state index in [1.165, 1.54) is 0 Å². The van der Waals surface area contributed by atoms with Crippen LogP contribution in [-0.4, -0.2) is 70.6 Å². The lowest BCUT2D eigenvalue weighted by Crippen LogP contribution is -2.52. The first-order valence-corrected chi connectivity index (χ1v) is 4.33. The summed E-state index contributed by atoms with van der Waals surface area (Å²) in [5.74, 6) is 0. The van der Waals surface area contributed by atoms with E-state index in [0.717, 1.165) is 19.6 Å². The van der Waals surface area contributed by atoms with Crippen LogP contribution in [0.3, 0.4) is 0 Å². The molecule has 1 heterocycles. The van der Waals surface area contributed by atoms with Crippen molar-refractivity contribution in [3.63, 3.8) is 0 Å². The average Bonchev–Trinajstić information content (AvgIpc) is 2.00. The van der Waals surface area contributed by atoms with Gasteiger partial charge in [-0.15, -0.1) is 0 Å². The van der Waals surface area contributed by atoms with Crippen LogP contribution < -0.4 is 5.32 Å². The summed E-state index contributed by atoms with van der Waals surface area (Å²) in [6.45, 7) is 3.12. The molecule has 0 bridgehead atoms. The summed E-state index contributed by atoms with van der Waals surface area (Å²) in [5, 5.41) is 12.1. The Morgan fingerprint density at radius 1 is 1.69 bits per heavy atom. The summed E-state index contributed by atoms with van der Waals surface area (Å²) in [4.78, 5) is 2.18. The van der Waals surface area contributed by atoms with E-state index in [1.54, 1.807) is 0 Å². The van der Waals surface area contributed by atoms with Gasteiger partial charge in [0.2, 0.25) is 0 Å². The Morgan fingerprint density at radius 3 is 2.92 bits per heavy atom. The zero-order chi connectivity index (χ0) is 9.90. The number of nitrogens with zero attached hydrogens (tertiary/aromatic N) is 1. The average molecular weight is 180 g/mol. The Bertz CT molecular complexity index is 163. The molecular weight excluding hydrogens is 166 g/mol. The van der Waals surface area contributed by atoms with Crippen molar-refractivity contribution < 1.29 is 9.84 Å². The van der Waals surface area contributed by atoms with Crippen molar-refractivity contribution in [2.24, 2.45) is 0 Å². The van der Waals surface area contributed by atoms with Crippen LogP contribution in [0.1, 0.15) is 0 Å². The predicted octanol–water partition coefficient (Wildman–Crippen LogP) is -2.15. The minimum Gasteiger partial charge on any atom is -0.384 e. The number of rotatable bonds is 3. The SMILES string of the molecule is [B]C([B])(O)OCC1CN(C)CCN1. The zero-order valence-corrected chi connectivity index (χ0v) is 7.86. The summed E-state index contributed by atoms with van der Waals surface area (Å²) in [5.41, 5.74) is -2.02. The molecule has 1 saturated heterocycles. The topological polar surface area (TPSA) is 44.7 Å². The minimum absolute atomic E-state index is 0.178. The number of nitrogens with one attached hydrogen (secondary N) is 1. The van der Waals surface area contributed by atoms with Gasteiger partial charge in [-0.1, -0.05) is 0 Å². The maximum atomic E-state index is 8.91. The van der Waals surface area contributed by atoms with E-state index < -0.39 is 5.59 Å². The van der Waals surface area contributed by atoms with Gasteiger partial charge >= 0.3 is 0 Å². The van der Waals surface area contributed by atoms with Crippen molar-refractivity contribution in [3.8, 4) is 0 Å². The second-order valence-corrected chi connectivity index (χ2v) is 3.48. The molecule has 0 aliphatic carbocycles. The zero-order valence-electron chi connectivity index (χ0n) is 7.86. The van der Waals surface area contributed by atoms with Crippen LogP contribution in [-0.2, 0) is 4.74 Å². The maximum Gasteiger partial charge on any atom is 0.138 e. The molecule has 1 aliphatic rings. The molecule has 1 unspecified atom stereocenters. The van der Waals surface area contributed by atoms with Crippen LogP contribution in [0.25, 0.3) is 0 Å². The third-order valence-corrected chi connectivity index (χ3v) is 1.97. The van der Waals surface area contributed by atoms with Gasteiger partial charge in [0.1, 0.15) is 15.7 Å². The van der Waals surface area contributed by atoms with E-state index in [-0.39, 0.29) is 6.04 Å². The highest BCUT2D eigenvalue weighted by molar-refractivity contribution is 6.37. The quantitative estimate of drug-likeness (QED) is 0.383. The molecule has 1 atom stereocenters. The van der Waals surface area contributed by atoms with Crippen molar-refractivity contribution in [2.75, 3.05) is 33.3 Å². The lowest BCUT2D eigenvalue weighted by Gasteiger charge is -2.32. The van der Waals surface area contributed by atoms with Crippen LogP contribution in [0.2, 0.25) is 0 Å². The molecule has 0 saturated carbocycles. The molecule has 0 spiro atoms. The monoisotopic (exact) mass is 180 g/mol. The molecule has 4 radical (unpaired) electrons. The summed E-state index contributed by atoms with van der Waals surface area (Å²) in [6.07, 6.45) is 0. The lowest BCUT2D eigenvalue weighted by atomic mass is 9.76. The summed E-state index contributed by atoms with van der Waals surface area (Å²) >= 11 is 0. The Labute approximate surface area is 81.4 Å². The highest BCUT2D eigenvalue weighted by Crippen LogP contribution is 2.00. The van der Waals surface area contributed by atoms with Gasteiger partial charge in [-0.2, -0.15) is 0 Å². The van der Waals surface area contributed by atoms with Crippen molar-refractivity contribution in [3.05, 3.63) is 0 Å². The second-order valence-electron chi connectivity index (χ2n) is 3.48. The predicted molar refractivity (Wildman–Crippen MR) is 51.7 cm³/mol. The van der Waals surface area contributed by atoms with E-state index >= 15 is 0 Å². The molecule has 2 N–H and O–H groups in total. The molecule has 70 valence electrons. The van der Waals surface area contributed by atoms with Crippen LogP contribution in [0.4, 0.5) is 0 Å². The smallest absolute Gasteiger partial charge is 0.138 e. The second kappa shape index (κ2) is 4.46. The number of likely N-dealkylation sites (N-methyl/N-ethyl adjacent to an activating group) is 1. The van der Waals surface area contributed by atoms with Crippen LogP contribution >= 0.6 is 0 Å². The number of hydrogen-bond acceptors (Lipinski definition) is 4. The first kappa shape index (κ1) is 11.0. The Kier molecular flexibility index (Phi) is 3.79. The number of piperazine rings is 1. The largest absolute Gasteiger partial charge is 0.384 e. The molecular formula is C7H14B2N2O2. The van der Waals surface area contributed by atoms with Crippen molar-refractivity contribution in [1.29, 1.82) is 0 Å². The van der Waals surface area contributed by atoms with E-state index in [9.17, 15) is 0 Å². The molecule has 0 aromatic carbocycles. The van der Waals surface area contributed by atoms with Gasteiger partial charge in [-0.05, 0) is 7.05 Å². The van der Waals surface area contributed by atoms with Gasteiger partial charge < -0.3 is 20.1 Å². The van der Waals surface area contributed by atoms with Gasteiger partial charge in [-0.25, -0.2) is 0 Å². The molecule has 0 aromatic rings. The first-order chi connectivity index (χ1) is 5.97. The van der Waals surface area contributed by atoms with Gasteiger partial charge in [-0.3, -0.25) is 0 Å². The van der Waals surface area contributed by atoms with Crippen molar-refractivity contribution >= 4 is 15.7 Å². The standard InChI is InChI=1S/C7H14B2N2O2/c1-11-3-2-10-6(4-11)5-13-7(8,9)12/h6,10,12H,2-5H2,1H3. The Balaban J connectivity index is 2.21. The van der Waals surface area contributed by atoms with Gasteiger partial charge in [0.05, 0.1) is 12.2 Å². The van der Waals surface area contributed by atoms with Crippen LogP contribution in [0.5, 0.6) is 0 Å². The molecule has 13 heavy (non-hydrogen) atoms. The third kappa shape index (κ3) is 4.67. The van der Waals surface area contributed by atoms with E-state index in [0.29, 0.717) is 6.61 Å². The molecule has 0 aromatic heterocycles. The van der Waals surface area contributed by atoms with Gasteiger partial charge in [0.25, 0.3) is 0 Å². The summed E-state index contributed by atoms with van der Waals surface area (Å²) < 4.78 is 4.84. The maximum absolute atomic E-state index is 8.91. The highest BCUT2D eigenvalue weighted by Gasteiger charge is 2.19. The molecule has 1 aliphatic heterocycles. The van der Waals surface area contributed by atoms with Crippen LogP contribution in [0.15, 0.2) is 0 Å².